The lowest BCUT2D eigenvalue weighted by atomic mass is 10.1. The molecular weight excluding hydrogens is 356 g/mol. The van der Waals surface area contributed by atoms with E-state index in [2.05, 4.69) is 12.2 Å². The zero-order chi connectivity index (χ0) is 19.8. The van der Waals surface area contributed by atoms with Crippen molar-refractivity contribution in [2.75, 3.05) is 39.5 Å². The molecule has 2 aromatic carbocycles. The molecule has 0 aromatic heterocycles. The third kappa shape index (κ3) is 5.16. The Balaban J connectivity index is 1.62. The van der Waals surface area contributed by atoms with Crippen LogP contribution in [0.25, 0.3) is 0 Å². The molecule has 1 aliphatic heterocycles. The summed E-state index contributed by atoms with van der Waals surface area (Å²) in [4.78, 5) is 14.8. The van der Waals surface area contributed by atoms with E-state index in [0.29, 0.717) is 43.4 Å². The highest BCUT2D eigenvalue weighted by Crippen LogP contribution is 2.29. The van der Waals surface area contributed by atoms with E-state index in [-0.39, 0.29) is 11.9 Å². The van der Waals surface area contributed by atoms with Crippen molar-refractivity contribution < 1.29 is 19.0 Å². The molecule has 0 aliphatic carbocycles. The Labute approximate surface area is 166 Å². The van der Waals surface area contributed by atoms with Crippen LogP contribution in [0, 0.1) is 0 Å². The Morgan fingerprint density at radius 1 is 1.07 bits per heavy atom. The minimum atomic E-state index is 0.0221. The molecule has 2 aromatic rings. The van der Waals surface area contributed by atoms with Crippen LogP contribution in [0.1, 0.15) is 24.2 Å². The third-order valence-corrected chi connectivity index (χ3v) is 4.61. The molecule has 1 saturated heterocycles. The topological polar surface area (TPSA) is 60.0 Å². The predicted octanol–water partition coefficient (Wildman–Crippen LogP) is 2.98. The fourth-order valence-corrected chi connectivity index (χ4v) is 3.17. The van der Waals surface area contributed by atoms with E-state index in [9.17, 15) is 4.79 Å². The molecule has 1 aliphatic rings. The molecule has 1 N–H and O–H groups in total. The molecule has 6 heteroatoms. The SMILES string of the molecule is CCOc1cc(C(=O)N2CCNC[C@H]2C)ccc1OCCOc1ccccc1. The van der Waals surface area contributed by atoms with Gasteiger partial charge in [-0.05, 0) is 44.2 Å². The van der Waals surface area contributed by atoms with E-state index < -0.39 is 0 Å². The number of piperazine rings is 1. The number of carbonyl (C=O) groups is 1. The molecule has 0 radical (unpaired) electrons. The van der Waals surface area contributed by atoms with Gasteiger partial charge in [-0.15, -0.1) is 0 Å². The first-order valence-electron chi connectivity index (χ1n) is 9.78. The number of ether oxygens (including phenoxy) is 3. The summed E-state index contributed by atoms with van der Waals surface area (Å²) < 4.78 is 17.2. The van der Waals surface area contributed by atoms with Gasteiger partial charge in [0.25, 0.3) is 5.91 Å². The molecule has 0 spiro atoms. The van der Waals surface area contributed by atoms with Crippen LogP contribution < -0.4 is 19.5 Å². The van der Waals surface area contributed by atoms with Crippen LogP contribution in [-0.4, -0.2) is 56.3 Å². The van der Waals surface area contributed by atoms with Gasteiger partial charge in [-0.25, -0.2) is 0 Å². The lowest BCUT2D eigenvalue weighted by Gasteiger charge is -2.34. The van der Waals surface area contributed by atoms with E-state index in [1.165, 1.54) is 0 Å². The van der Waals surface area contributed by atoms with Crippen molar-refractivity contribution in [3.63, 3.8) is 0 Å². The molecule has 0 bridgehead atoms. The molecule has 1 fully saturated rings. The zero-order valence-corrected chi connectivity index (χ0v) is 16.5. The molecule has 0 unspecified atom stereocenters. The molecule has 1 amide bonds. The minimum absolute atomic E-state index is 0.0221. The number of amides is 1. The molecular formula is C22H28N2O4. The first kappa shape index (κ1) is 20.0. The second-order valence-electron chi connectivity index (χ2n) is 6.66. The maximum Gasteiger partial charge on any atom is 0.254 e. The largest absolute Gasteiger partial charge is 0.490 e. The minimum Gasteiger partial charge on any atom is -0.490 e. The quantitative estimate of drug-likeness (QED) is 0.709. The summed E-state index contributed by atoms with van der Waals surface area (Å²) in [7, 11) is 0. The summed E-state index contributed by atoms with van der Waals surface area (Å²) in [5.74, 6) is 2.02. The fourth-order valence-electron chi connectivity index (χ4n) is 3.17. The number of hydrogen-bond acceptors (Lipinski definition) is 5. The molecule has 3 rings (SSSR count). The van der Waals surface area contributed by atoms with E-state index in [4.69, 9.17) is 14.2 Å². The number of hydrogen-bond donors (Lipinski definition) is 1. The molecule has 0 saturated carbocycles. The van der Waals surface area contributed by atoms with E-state index >= 15 is 0 Å². The highest BCUT2D eigenvalue weighted by molar-refractivity contribution is 5.95. The second-order valence-corrected chi connectivity index (χ2v) is 6.66. The van der Waals surface area contributed by atoms with Crippen molar-refractivity contribution in [3.05, 3.63) is 54.1 Å². The van der Waals surface area contributed by atoms with Gasteiger partial charge in [0, 0.05) is 31.2 Å². The number of nitrogens with zero attached hydrogens (tertiary/aromatic N) is 1. The first-order chi connectivity index (χ1) is 13.7. The Morgan fingerprint density at radius 3 is 2.61 bits per heavy atom. The normalized spacial score (nSPS) is 16.5. The zero-order valence-electron chi connectivity index (χ0n) is 16.5. The monoisotopic (exact) mass is 384 g/mol. The molecule has 1 atom stereocenters. The summed E-state index contributed by atoms with van der Waals surface area (Å²) in [5, 5.41) is 3.30. The summed E-state index contributed by atoms with van der Waals surface area (Å²) in [6, 6.07) is 15.2. The Bertz CT molecular complexity index is 766. The van der Waals surface area contributed by atoms with Crippen molar-refractivity contribution in [2.45, 2.75) is 19.9 Å². The van der Waals surface area contributed by atoms with Crippen molar-refractivity contribution in [1.29, 1.82) is 0 Å². The number of nitrogens with one attached hydrogen (secondary N) is 1. The van der Waals surface area contributed by atoms with Gasteiger partial charge in [0.15, 0.2) is 11.5 Å². The number of carbonyl (C=O) groups excluding carboxylic acids is 1. The highest BCUT2D eigenvalue weighted by Gasteiger charge is 2.24. The lowest BCUT2D eigenvalue weighted by molar-refractivity contribution is 0.0655. The molecule has 150 valence electrons. The Morgan fingerprint density at radius 2 is 1.86 bits per heavy atom. The van der Waals surface area contributed by atoms with Gasteiger partial charge >= 0.3 is 0 Å². The van der Waals surface area contributed by atoms with Crippen LogP contribution in [0.2, 0.25) is 0 Å². The maximum atomic E-state index is 12.9. The van der Waals surface area contributed by atoms with E-state index in [1.807, 2.05) is 42.2 Å². The van der Waals surface area contributed by atoms with E-state index in [0.717, 1.165) is 18.8 Å². The van der Waals surface area contributed by atoms with Crippen LogP contribution in [0.4, 0.5) is 0 Å². The van der Waals surface area contributed by atoms with Crippen LogP contribution >= 0.6 is 0 Å². The van der Waals surface area contributed by atoms with E-state index in [1.54, 1.807) is 18.2 Å². The number of benzene rings is 2. The second kappa shape index (κ2) is 9.99. The first-order valence-corrected chi connectivity index (χ1v) is 9.78. The molecule has 1 heterocycles. The standard InChI is InChI=1S/C22H28N2O4/c1-3-26-21-15-18(22(25)24-12-11-23-16-17(24)2)9-10-20(21)28-14-13-27-19-7-5-4-6-8-19/h4-10,15,17,23H,3,11-14,16H2,1-2H3/t17-/m1/s1. The smallest absolute Gasteiger partial charge is 0.254 e. The van der Waals surface area contributed by atoms with Gasteiger partial charge in [-0.2, -0.15) is 0 Å². The van der Waals surface area contributed by atoms with Gasteiger partial charge < -0.3 is 24.4 Å². The van der Waals surface area contributed by atoms with Crippen molar-refractivity contribution in [3.8, 4) is 17.2 Å². The number of rotatable bonds is 8. The summed E-state index contributed by atoms with van der Waals surface area (Å²) in [6.07, 6.45) is 0. The molecule has 28 heavy (non-hydrogen) atoms. The van der Waals surface area contributed by atoms with Gasteiger partial charge in [0.1, 0.15) is 19.0 Å². The average Bonchev–Trinajstić information content (AvgIpc) is 2.73. The fraction of sp³-hybridized carbons (Fsp3) is 0.409. The highest BCUT2D eigenvalue weighted by atomic mass is 16.5. The third-order valence-electron chi connectivity index (χ3n) is 4.61. The maximum absolute atomic E-state index is 12.9. The number of para-hydroxylation sites is 1. The Kier molecular flexibility index (Phi) is 7.14. The van der Waals surface area contributed by atoms with Gasteiger partial charge in [-0.1, -0.05) is 18.2 Å². The van der Waals surface area contributed by atoms with Crippen molar-refractivity contribution in [2.24, 2.45) is 0 Å². The van der Waals surface area contributed by atoms with Gasteiger partial charge in [0.2, 0.25) is 0 Å². The van der Waals surface area contributed by atoms with Crippen LogP contribution in [0.15, 0.2) is 48.5 Å². The van der Waals surface area contributed by atoms with Crippen LogP contribution in [0.5, 0.6) is 17.2 Å². The Hall–Kier alpha value is -2.73. The molecule has 6 nitrogen and oxygen atoms in total. The van der Waals surface area contributed by atoms with Crippen LogP contribution in [0.3, 0.4) is 0 Å². The summed E-state index contributed by atoms with van der Waals surface area (Å²) >= 11 is 0. The predicted molar refractivity (Wildman–Crippen MR) is 108 cm³/mol. The van der Waals surface area contributed by atoms with Crippen molar-refractivity contribution in [1.82, 2.24) is 10.2 Å². The van der Waals surface area contributed by atoms with Crippen LogP contribution in [-0.2, 0) is 0 Å². The van der Waals surface area contributed by atoms with Gasteiger partial charge in [-0.3, -0.25) is 4.79 Å². The lowest BCUT2D eigenvalue weighted by Crippen LogP contribution is -2.52. The average molecular weight is 384 g/mol. The summed E-state index contributed by atoms with van der Waals surface area (Å²) in [6.45, 7) is 7.61. The van der Waals surface area contributed by atoms with Gasteiger partial charge in [0.05, 0.1) is 6.61 Å². The van der Waals surface area contributed by atoms with Crippen molar-refractivity contribution >= 4 is 5.91 Å². The summed E-state index contributed by atoms with van der Waals surface area (Å²) in [5.41, 5.74) is 0.616.